The maximum Gasteiger partial charge on any atom is 0.130 e. The van der Waals surface area contributed by atoms with Crippen LogP contribution in [0.1, 0.15) is 20.8 Å². The minimum absolute atomic E-state index is 0.0984. The molecule has 0 spiro atoms. The summed E-state index contributed by atoms with van der Waals surface area (Å²) in [5.74, 6) is 2.94. The summed E-state index contributed by atoms with van der Waals surface area (Å²) in [4.78, 5) is 3.97. The first-order valence-electron chi connectivity index (χ1n) is 8.64. The lowest BCUT2D eigenvalue weighted by molar-refractivity contribution is 0.206. The molecule has 0 aliphatic carbocycles. The fourth-order valence-electron chi connectivity index (χ4n) is 2.32. The van der Waals surface area contributed by atoms with E-state index in [0.717, 1.165) is 22.9 Å². The third kappa shape index (κ3) is 6.55. The van der Waals surface area contributed by atoms with Gasteiger partial charge in [0.1, 0.15) is 23.1 Å². The summed E-state index contributed by atoms with van der Waals surface area (Å²) < 4.78 is 11.2. The molecule has 0 saturated heterocycles. The molecule has 0 amide bonds. The van der Waals surface area contributed by atoms with Crippen molar-refractivity contribution < 1.29 is 9.47 Å². The first kappa shape index (κ1) is 20.1. The molecule has 1 aromatic heterocycles. The molecule has 0 aliphatic rings. The van der Waals surface area contributed by atoms with E-state index in [1.54, 1.807) is 19.5 Å². The average molecular weight is 365 g/mol. The van der Waals surface area contributed by atoms with E-state index in [9.17, 15) is 0 Å². The van der Waals surface area contributed by atoms with Crippen molar-refractivity contribution in [2.75, 3.05) is 12.4 Å². The molecule has 0 unspecified atom stereocenters. The molecule has 0 fully saturated rings. The molecule has 142 valence electrons. The summed E-state index contributed by atoms with van der Waals surface area (Å²) in [5, 5.41) is 6.32. The van der Waals surface area contributed by atoms with Crippen LogP contribution in [0, 0.1) is 5.41 Å². The van der Waals surface area contributed by atoms with Crippen molar-refractivity contribution in [2.24, 2.45) is 5.41 Å². The monoisotopic (exact) mass is 365 g/mol. The van der Waals surface area contributed by atoms with Crippen LogP contribution in [0.5, 0.6) is 11.5 Å². The largest absolute Gasteiger partial charge is 0.500 e. The Morgan fingerprint density at radius 1 is 1.00 bits per heavy atom. The summed E-state index contributed by atoms with van der Waals surface area (Å²) >= 11 is 0. The normalized spacial score (nSPS) is 11.5. The maximum atomic E-state index is 5.75. The molecule has 0 bridgehead atoms. The van der Waals surface area contributed by atoms with Gasteiger partial charge < -0.3 is 20.1 Å². The van der Waals surface area contributed by atoms with Crippen molar-refractivity contribution in [3.05, 3.63) is 85.3 Å². The summed E-state index contributed by atoms with van der Waals surface area (Å²) in [5.41, 5.74) is 1.48. The highest BCUT2D eigenvalue weighted by Gasteiger charge is 2.17. The standard InChI is InChI=1S/C22H27N3O2/c1-16(15-21(26-6)22(3,4)5)24-17(2)25-18-7-9-19(10-8-18)27-20-11-13-23-14-12-20/h7-15,24-25H,1-2H2,3-6H3/b21-15-. The van der Waals surface area contributed by atoms with Crippen molar-refractivity contribution in [1.29, 1.82) is 0 Å². The van der Waals surface area contributed by atoms with Gasteiger partial charge in [-0.25, -0.2) is 0 Å². The van der Waals surface area contributed by atoms with Crippen LogP contribution in [0.4, 0.5) is 5.69 Å². The number of nitrogens with one attached hydrogen (secondary N) is 2. The Hall–Kier alpha value is -3.21. The lowest BCUT2D eigenvalue weighted by Gasteiger charge is -2.22. The van der Waals surface area contributed by atoms with E-state index in [4.69, 9.17) is 9.47 Å². The predicted octanol–water partition coefficient (Wildman–Crippen LogP) is 5.44. The number of aromatic nitrogens is 1. The van der Waals surface area contributed by atoms with Gasteiger partial charge in [-0.2, -0.15) is 0 Å². The number of methoxy groups -OCH3 is 1. The summed E-state index contributed by atoms with van der Waals surface area (Å²) in [6.45, 7) is 14.2. The van der Waals surface area contributed by atoms with Gasteiger partial charge in [-0.15, -0.1) is 0 Å². The van der Waals surface area contributed by atoms with Crippen LogP contribution in [-0.2, 0) is 4.74 Å². The minimum Gasteiger partial charge on any atom is -0.500 e. The predicted molar refractivity (Wildman–Crippen MR) is 110 cm³/mol. The highest BCUT2D eigenvalue weighted by molar-refractivity contribution is 5.50. The van der Waals surface area contributed by atoms with Crippen LogP contribution < -0.4 is 15.4 Å². The lowest BCUT2D eigenvalue weighted by Crippen LogP contribution is -2.18. The van der Waals surface area contributed by atoms with Crippen molar-refractivity contribution in [1.82, 2.24) is 10.3 Å². The van der Waals surface area contributed by atoms with E-state index >= 15 is 0 Å². The summed E-state index contributed by atoms with van der Waals surface area (Å²) in [7, 11) is 1.66. The van der Waals surface area contributed by atoms with Gasteiger partial charge in [0, 0.05) is 29.2 Å². The Balaban J connectivity index is 1.92. The Bertz CT molecular complexity index is 804. The van der Waals surface area contributed by atoms with Crippen molar-refractivity contribution in [2.45, 2.75) is 20.8 Å². The quantitative estimate of drug-likeness (QED) is 0.482. The summed E-state index contributed by atoms with van der Waals surface area (Å²) in [6, 6.07) is 11.2. The Morgan fingerprint density at radius 3 is 2.15 bits per heavy atom. The van der Waals surface area contributed by atoms with E-state index in [1.165, 1.54) is 0 Å². The third-order valence-electron chi connectivity index (χ3n) is 3.61. The van der Waals surface area contributed by atoms with Crippen LogP contribution in [0.3, 0.4) is 0 Å². The zero-order valence-electron chi connectivity index (χ0n) is 16.4. The molecular weight excluding hydrogens is 338 g/mol. The molecule has 1 heterocycles. The zero-order chi connectivity index (χ0) is 19.9. The third-order valence-corrected chi connectivity index (χ3v) is 3.61. The van der Waals surface area contributed by atoms with E-state index in [1.807, 2.05) is 42.5 Å². The minimum atomic E-state index is -0.0984. The SMILES string of the molecule is C=C(/C=C(\OC)C(C)(C)C)NC(=C)Nc1ccc(Oc2ccncc2)cc1. The number of allylic oxidation sites excluding steroid dienone is 2. The summed E-state index contributed by atoms with van der Waals surface area (Å²) in [6.07, 6.45) is 5.26. The lowest BCUT2D eigenvalue weighted by atomic mass is 9.93. The van der Waals surface area contributed by atoms with Crippen molar-refractivity contribution in [3.8, 4) is 11.5 Å². The Kier molecular flexibility index (Phi) is 6.66. The molecule has 1 aromatic carbocycles. The van der Waals surface area contributed by atoms with Gasteiger partial charge in [0.15, 0.2) is 0 Å². The number of nitrogens with zero attached hydrogens (tertiary/aromatic N) is 1. The molecule has 2 rings (SSSR count). The van der Waals surface area contributed by atoms with Gasteiger partial charge in [0.2, 0.25) is 0 Å². The van der Waals surface area contributed by atoms with Crippen molar-refractivity contribution >= 4 is 5.69 Å². The van der Waals surface area contributed by atoms with Gasteiger partial charge in [0.05, 0.1) is 7.11 Å². The first-order chi connectivity index (χ1) is 12.8. The van der Waals surface area contributed by atoms with Gasteiger partial charge in [-0.05, 0) is 42.5 Å². The van der Waals surface area contributed by atoms with Gasteiger partial charge in [-0.3, -0.25) is 4.98 Å². The van der Waals surface area contributed by atoms with Gasteiger partial charge in [-0.1, -0.05) is 33.9 Å². The smallest absolute Gasteiger partial charge is 0.130 e. The second-order valence-electron chi connectivity index (χ2n) is 7.03. The molecule has 0 atom stereocenters. The molecule has 5 nitrogen and oxygen atoms in total. The number of rotatable bonds is 8. The fourth-order valence-corrected chi connectivity index (χ4v) is 2.32. The van der Waals surface area contributed by atoms with Gasteiger partial charge >= 0.3 is 0 Å². The van der Waals surface area contributed by atoms with Gasteiger partial charge in [0.25, 0.3) is 0 Å². The van der Waals surface area contributed by atoms with E-state index in [0.29, 0.717) is 11.5 Å². The Labute approximate surface area is 161 Å². The highest BCUT2D eigenvalue weighted by Crippen LogP contribution is 2.26. The number of benzene rings is 1. The highest BCUT2D eigenvalue weighted by atomic mass is 16.5. The van der Waals surface area contributed by atoms with Crippen LogP contribution in [0.15, 0.2) is 85.3 Å². The first-order valence-corrected chi connectivity index (χ1v) is 8.64. The topological polar surface area (TPSA) is 55.4 Å². The van der Waals surface area contributed by atoms with E-state index in [-0.39, 0.29) is 5.41 Å². The second-order valence-corrected chi connectivity index (χ2v) is 7.03. The van der Waals surface area contributed by atoms with E-state index in [2.05, 4.69) is 49.5 Å². The maximum absolute atomic E-state index is 5.75. The zero-order valence-corrected chi connectivity index (χ0v) is 16.4. The molecule has 27 heavy (non-hydrogen) atoms. The number of pyridine rings is 1. The van der Waals surface area contributed by atoms with Crippen LogP contribution in [-0.4, -0.2) is 12.1 Å². The van der Waals surface area contributed by atoms with Crippen LogP contribution in [0.2, 0.25) is 0 Å². The molecule has 0 radical (unpaired) electrons. The fraction of sp³-hybridized carbons (Fsp3) is 0.227. The number of hydrogen-bond acceptors (Lipinski definition) is 5. The molecule has 2 N–H and O–H groups in total. The number of ether oxygens (including phenoxy) is 2. The molecule has 5 heteroatoms. The Morgan fingerprint density at radius 2 is 1.59 bits per heavy atom. The number of hydrogen-bond donors (Lipinski definition) is 2. The van der Waals surface area contributed by atoms with Crippen LogP contribution >= 0.6 is 0 Å². The molecule has 0 aliphatic heterocycles. The van der Waals surface area contributed by atoms with Crippen molar-refractivity contribution in [3.63, 3.8) is 0 Å². The van der Waals surface area contributed by atoms with E-state index < -0.39 is 0 Å². The second kappa shape index (κ2) is 8.94. The average Bonchev–Trinajstić information content (AvgIpc) is 2.61. The number of anilines is 1. The molecule has 0 saturated carbocycles. The molecular formula is C22H27N3O2. The molecule has 2 aromatic rings. The van der Waals surface area contributed by atoms with Crippen LogP contribution in [0.25, 0.3) is 0 Å².